The molecule has 8 heteroatoms. The molecule has 0 unspecified atom stereocenters. The molecule has 0 aliphatic rings. The molecular weight excluding hydrogens is 367 g/mol. The van der Waals surface area contributed by atoms with E-state index in [9.17, 15) is 18.0 Å². The number of nitrogens with one attached hydrogen (secondary N) is 1. The van der Waals surface area contributed by atoms with Crippen LogP contribution in [0, 0.1) is 11.3 Å². The Labute approximate surface area is 153 Å². The van der Waals surface area contributed by atoms with E-state index in [1.807, 2.05) is 6.07 Å². The highest BCUT2D eigenvalue weighted by Gasteiger charge is 2.31. The van der Waals surface area contributed by atoms with Crippen LogP contribution in [0.15, 0.2) is 42.5 Å². The highest BCUT2D eigenvalue weighted by atomic mass is 35.5. The Morgan fingerprint density at radius 1 is 1.23 bits per heavy atom. The third kappa shape index (κ3) is 5.39. The zero-order valence-corrected chi connectivity index (χ0v) is 14.5. The third-order valence-electron chi connectivity index (χ3n) is 3.64. The Morgan fingerprint density at radius 2 is 1.88 bits per heavy atom. The van der Waals surface area contributed by atoms with Gasteiger partial charge in [-0.1, -0.05) is 23.7 Å². The molecule has 26 heavy (non-hydrogen) atoms. The van der Waals surface area contributed by atoms with Crippen molar-refractivity contribution in [2.75, 3.05) is 18.9 Å². The van der Waals surface area contributed by atoms with Crippen molar-refractivity contribution in [1.29, 1.82) is 5.26 Å². The van der Waals surface area contributed by atoms with Gasteiger partial charge in [0.1, 0.15) is 0 Å². The molecule has 0 saturated heterocycles. The maximum Gasteiger partial charge on any atom is 0.416 e. The minimum atomic E-state index is -4.55. The second-order valence-electron chi connectivity index (χ2n) is 5.64. The number of alkyl halides is 3. The van der Waals surface area contributed by atoms with Crippen molar-refractivity contribution in [3.05, 3.63) is 64.2 Å². The maximum absolute atomic E-state index is 12.8. The SMILES string of the molecule is CN(CCc1ccc(C#N)cc1)C(=O)Nc1cc(Cl)cc(C(F)(F)F)c1. The van der Waals surface area contributed by atoms with Gasteiger partial charge in [0.2, 0.25) is 0 Å². The molecule has 0 saturated carbocycles. The first-order valence-corrected chi connectivity index (χ1v) is 7.96. The van der Waals surface area contributed by atoms with Crippen LogP contribution >= 0.6 is 11.6 Å². The summed E-state index contributed by atoms with van der Waals surface area (Å²) in [5, 5.41) is 11.1. The van der Waals surface area contributed by atoms with Crippen LogP contribution in [0.3, 0.4) is 0 Å². The van der Waals surface area contributed by atoms with Crippen molar-refractivity contribution in [3.8, 4) is 6.07 Å². The Morgan fingerprint density at radius 3 is 2.46 bits per heavy atom. The smallest absolute Gasteiger partial charge is 0.327 e. The van der Waals surface area contributed by atoms with Crippen LogP contribution < -0.4 is 5.32 Å². The van der Waals surface area contributed by atoms with E-state index in [1.165, 1.54) is 18.0 Å². The van der Waals surface area contributed by atoms with Gasteiger partial charge >= 0.3 is 12.2 Å². The first-order valence-electron chi connectivity index (χ1n) is 7.58. The van der Waals surface area contributed by atoms with Crippen LogP contribution in [0.2, 0.25) is 5.02 Å². The lowest BCUT2D eigenvalue weighted by atomic mass is 10.1. The molecule has 4 nitrogen and oxygen atoms in total. The third-order valence-corrected chi connectivity index (χ3v) is 3.86. The number of urea groups is 1. The van der Waals surface area contributed by atoms with Gasteiger partial charge in [0.15, 0.2) is 0 Å². The lowest BCUT2D eigenvalue weighted by Gasteiger charge is -2.19. The van der Waals surface area contributed by atoms with Crippen molar-refractivity contribution in [2.24, 2.45) is 0 Å². The zero-order valence-electron chi connectivity index (χ0n) is 13.8. The first-order chi connectivity index (χ1) is 12.2. The molecular formula is C18H15ClF3N3O. The lowest BCUT2D eigenvalue weighted by molar-refractivity contribution is -0.137. The standard InChI is InChI=1S/C18H15ClF3N3O/c1-25(7-6-12-2-4-13(11-23)5-3-12)17(26)24-16-9-14(18(20,21)22)8-15(19)10-16/h2-5,8-10H,6-7H2,1H3,(H,24,26). The van der Waals surface area contributed by atoms with Gasteiger partial charge in [-0.15, -0.1) is 0 Å². The minimum absolute atomic E-state index is 0.0277. The fourth-order valence-electron chi connectivity index (χ4n) is 2.19. The van der Waals surface area contributed by atoms with E-state index in [-0.39, 0.29) is 10.7 Å². The summed E-state index contributed by atoms with van der Waals surface area (Å²) in [5.74, 6) is 0. The molecule has 2 aromatic carbocycles. The van der Waals surface area contributed by atoms with Gasteiger partial charge in [0.05, 0.1) is 17.2 Å². The summed E-state index contributed by atoms with van der Waals surface area (Å²) in [6.45, 7) is 0.352. The number of likely N-dealkylation sites (N-methyl/N-ethyl adjacent to an activating group) is 1. The topological polar surface area (TPSA) is 56.1 Å². The normalized spacial score (nSPS) is 10.9. The van der Waals surface area contributed by atoms with Crippen molar-refractivity contribution in [2.45, 2.75) is 12.6 Å². The number of anilines is 1. The lowest BCUT2D eigenvalue weighted by Crippen LogP contribution is -2.33. The summed E-state index contributed by atoms with van der Waals surface area (Å²) in [6.07, 6.45) is -4.01. The summed E-state index contributed by atoms with van der Waals surface area (Å²) < 4.78 is 38.4. The highest BCUT2D eigenvalue weighted by Crippen LogP contribution is 2.33. The van der Waals surface area contributed by atoms with E-state index in [2.05, 4.69) is 5.32 Å². The van der Waals surface area contributed by atoms with Gasteiger partial charge < -0.3 is 10.2 Å². The number of hydrogen-bond acceptors (Lipinski definition) is 2. The molecule has 0 spiro atoms. The van der Waals surface area contributed by atoms with Crippen molar-refractivity contribution in [1.82, 2.24) is 4.90 Å². The predicted molar refractivity (Wildman–Crippen MR) is 93.0 cm³/mol. The van der Waals surface area contributed by atoms with Crippen LogP contribution in [0.5, 0.6) is 0 Å². The Kier molecular flexibility index (Phi) is 6.11. The molecule has 0 fully saturated rings. The number of nitrogens with zero attached hydrogens (tertiary/aromatic N) is 2. The van der Waals surface area contributed by atoms with E-state index in [1.54, 1.807) is 24.3 Å². The van der Waals surface area contributed by atoms with E-state index in [0.29, 0.717) is 18.5 Å². The van der Waals surface area contributed by atoms with Gasteiger partial charge in [-0.25, -0.2) is 4.79 Å². The number of benzene rings is 2. The molecule has 2 amide bonds. The molecule has 2 aromatic rings. The first kappa shape index (κ1) is 19.6. The summed E-state index contributed by atoms with van der Waals surface area (Å²) in [4.78, 5) is 13.5. The molecule has 136 valence electrons. The highest BCUT2D eigenvalue weighted by molar-refractivity contribution is 6.31. The second kappa shape index (κ2) is 8.11. The van der Waals surface area contributed by atoms with Crippen LogP contribution in [-0.2, 0) is 12.6 Å². The van der Waals surface area contributed by atoms with Gasteiger partial charge in [0, 0.05) is 24.3 Å². The Hall–Kier alpha value is -2.72. The Balaban J connectivity index is 1.98. The number of halogens is 4. The molecule has 0 aliphatic heterocycles. The summed E-state index contributed by atoms with van der Waals surface area (Å²) in [5.41, 5.74) is 0.521. The zero-order chi connectivity index (χ0) is 19.3. The predicted octanol–water partition coefficient (Wildman–Crippen LogP) is 4.94. The van der Waals surface area contributed by atoms with Gasteiger partial charge in [0.25, 0.3) is 0 Å². The van der Waals surface area contributed by atoms with E-state index < -0.39 is 17.8 Å². The van der Waals surface area contributed by atoms with E-state index in [0.717, 1.165) is 17.7 Å². The van der Waals surface area contributed by atoms with Crippen molar-refractivity contribution >= 4 is 23.3 Å². The average Bonchev–Trinajstić information content (AvgIpc) is 2.58. The average molecular weight is 382 g/mol. The molecule has 0 aromatic heterocycles. The van der Waals surface area contributed by atoms with Crippen LogP contribution in [0.4, 0.5) is 23.7 Å². The molecule has 2 rings (SSSR count). The molecule has 1 N–H and O–H groups in total. The quantitative estimate of drug-likeness (QED) is 0.815. The van der Waals surface area contributed by atoms with Crippen LogP contribution in [0.1, 0.15) is 16.7 Å². The van der Waals surface area contributed by atoms with Crippen LogP contribution in [0.25, 0.3) is 0 Å². The number of amides is 2. The van der Waals surface area contributed by atoms with Crippen molar-refractivity contribution in [3.63, 3.8) is 0 Å². The van der Waals surface area contributed by atoms with E-state index >= 15 is 0 Å². The molecule has 0 aliphatic carbocycles. The molecule has 0 radical (unpaired) electrons. The number of carbonyl (C=O) groups is 1. The van der Waals surface area contributed by atoms with Crippen LogP contribution in [-0.4, -0.2) is 24.5 Å². The van der Waals surface area contributed by atoms with Gasteiger partial charge in [-0.3, -0.25) is 0 Å². The monoisotopic (exact) mass is 381 g/mol. The molecule has 0 atom stereocenters. The summed E-state index contributed by atoms with van der Waals surface area (Å²) in [6, 6.07) is 11.3. The largest absolute Gasteiger partial charge is 0.416 e. The summed E-state index contributed by atoms with van der Waals surface area (Å²) in [7, 11) is 1.54. The fourth-order valence-corrected chi connectivity index (χ4v) is 2.42. The van der Waals surface area contributed by atoms with E-state index in [4.69, 9.17) is 16.9 Å². The number of rotatable bonds is 4. The minimum Gasteiger partial charge on any atom is -0.327 e. The summed E-state index contributed by atoms with van der Waals surface area (Å²) >= 11 is 5.70. The number of carbonyl (C=O) groups excluding carboxylic acids is 1. The molecule has 0 bridgehead atoms. The maximum atomic E-state index is 12.8. The Bertz CT molecular complexity index is 829. The van der Waals surface area contributed by atoms with Gasteiger partial charge in [-0.2, -0.15) is 18.4 Å². The molecule has 0 heterocycles. The number of nitriles is 1. The van der Waals surface area contributed by atoms with Crippen molar-refractivity contribution < 1.29 is 18.0 Å². The second-order valence-corrected chi connectivity index (χ2v) is 6.07. The van der Waals surface area contributed by atoms with Gasteiger partial charge in [-0.05, 0) is 42.3 Å². The number of hydrogen-bond donors (Lipinski definition) is 1. The fraction of sp³-hybridized carbons (Fsp3) is 0.222.